The number of rotatable bonds is 7. The first-order chi connectivity index (χ1) is 11.0. The van der Waals surface area contributed by atoms with Crippen molar-refractivity contribution in [3.63, 3.8) is 0 Å². The van der Waals surface area contributed by atoms with Gasteiger partial charge in [0, 0.05) is 33.9 Å². The van der Waals surface area contributed by atoms with E-state index in [2.05, 4.69) is 34.4 Å². The van der Waals surface area contributed by atoms with Gasteiger partial charge in [-0.3, -0.25) is 0 Å². The zero-order chi connectivity index (χ0) is 17.8. The minimum atomic E-state index is -0.343. The van der Waals surface area contributed by atoms with E-state index in [0.717, 1.165) is 6.42 Å². The van der Waals surface area contributed by atoms with E-state index in [9.17, 15) is 4.79 Å². The number of aryl methyl sites for hydroxylation is 1. The Morgan fingerprint density at radius 3 is 2.26 bits per heavy atom. The van der Waals surface area contributed by atoms with E-state index in [0.29, 0.717) is 5.75 Å². The van der Waals surface area contributed by atoms with Crippen LogP contribution in [-0.2, 0) is 6.42 Å². The van der Waals surface area contributed by atoms with Crippen molar-refractivity contribution in [2.45, 2.75) is 39.0 Å². The first-order valence-corrected chi connectivity index (χ1v) is 10.2. The van der Waals surface area contributed by atoms with Crippen LogP contribution in [0.4, 0.5) is 10.5 Å². The van der Waals surface area contributed by atoms with Crippen LogP contribution < -0.4 is 9.64 Å². The van der Waals surface area contributed by atoms with E-state index in [4.69, 9.17) is 4.74 Å². The number of amides is 1. The molecule has 0 fully saturated rings. The quantitative estimate of drug-likeness (QED) is 0.345. The van der Waals surface area contributed by atoms with Crippen LogP contribution >= 0.6 is 22.6 Å². The first kappa shape index (κ1) is 22.0. The van der Waals surface area contributed by atoms with Gasteiger partial charge in [-0.05, 0) is 41.5 Å². The third-order valence-electron chi connectivity index (χ3n) is 3.40. The molecule has 0 saturated carbocycles. The zero-order valence-electron chi connectivity index (χ0n) is 15.4. The number of halogens is 1. The number of unbranched alkanes of at least 4 members (excludes halogenated alkanes) is 3. The molecule has 1 aromatic rings. The van der Waals surface area contributed by atoms with Crippen LogP contribution in [0, 0.1) is 0 Å². The summed E-state index contributed by atoms with van der Waals surface area (Å²) in [7, 11) is 7.44. The van der Waals surface area contributed by atoms with Crippen molar-refractivity contribution in [2.75, 3.05) is 38.0 Å². The first-order valence-electron chi connectivity index (χ1n) is 8.03. The highest BCUT2D eigenvalue weighted by atomic mass is 127. The number of carbonyl (C=O) groups excluding carboxylic acids is 1. The molecule has 0 bridgehead atoms. The maximum absolute atomic E-state index is 11.6. The predicted molar refractivity (Wildman–Crippen MR) is 108 cm³/mol. The van der Waals surface area contributed by atoms with Gasteiger partial charge in [0.05, 0.1) is 0 Å². The summed E-state index contributed by atoms with van der Waals surface area (Å²) < 4.78 is 5.35. The van der Waals surface area contributed by atoms with Crippen LogP contribution in [0.2, 0.25) is 0 Å². The average molecular weight is 434 g/mol. The minimum Gasteiger partial charge on any atom is -0.410 e. The lowest BCUT2D eigenvalue weighted by Crippen LogP contribution is -2.25. The molecule has 0 saturated heterocycles. The zero-order valence-corrected chi connectivity index (χ0v) is 17.5. The van der Waals surface area contributed by atoms with Gasteiger partial charge < -0.3 is 14.5 Å². The minimum absolute atomic E-state index is 0.343. The van der Waals surface area contributed by atoms with E-state index in [-0.39, 0.29) is 6.09 Å². The molecule has 0 aliphatic rings. The van der Waals surface area contributed by atoms with Crippen LogP contribution in [0.25, 0.3) is 0 Å². The molecular weight excluding hydrogens is 403 g/mol. The summed E-state index contributed by atoms with van der Waals surface area (Å²) in [6.07, 6.45) is 5.59. The second-order valence-electron chi connectivity index (χ2n) is 5.76. The maximum atomic E-state index is 11.6. The summed E-state index contributed by atoms with van der Waals surface area (Å²) in [6.45, 7) is 2.21. The van der Waals surface area contributed by atoms with Gasteiger partial charge in [-0.2, -0.15) is 0 Å². The predicted octanol–water partition coefficient (Wildman–Crippen LogP) is 4.99. The smallest absolute Gasteiger partial charge is 0.410 e. The molecule has 0 heterocycles. The number of benzene rings is 1. The van der Waals surface area contributed by atoms with Crippen molar-refractivity contribution in [3.05, 3.63) is 23.8 Å². The average Bonchev–Trinajstić information content (AvgIpc) is 2.53. The normalized spacial score (nSPS) is 9.70. The van der Waals surface area contributed by atoms with E-state index in [1.165, 1.54) is 41.8 Å². The molecule has 0 N–H and O–H groups in total. The Balaban J connectivity index is 0.00000232. The lowest BCUT2D eigenvalue weighted by atomic mass is 10.0. The third kappa shape index (κ3) is 8.44. The molecular formula is C18H31IN2O2. The van der Waals surface area contributed by atoms with Crippen LogP contribution in [0.15, 0.2) is 18.2 Å². The lowest BCUT2D eigenvalue weighted by molar-refractivity contribution is 0.172. The topological polar surface area (TPSA) is 32.8 Å². The van der Waals surface area contributed by atoms with Crippen molar-refractivity contribution < 1.29 is 9.53 Å². The molecule has 0 radical (unpaired) electrons. The van der Waals surface area contributed by atoms with E-state index >= 15 is 0 Å². The number of hydrogen-bond donors (Lipinski definition) is 0. The summed E-state index contributed by atoms with van der Waals surface area (Å²) in [5, 5.41) is 0. The van der Waals surface area contributed by atoms with Gasteiger partial charge >= 0.3 is 6.09 Å². The van der Waals surface area contributed by atoms with Crippen molar-refractivity contribution in [3.8, 4) is 5.75 Å². The van der Waals surface area contributed by atoms with Crippen molar-refractivity contribution >= 4 is 34.4 Å². The van der Waals surface area contributed by atoms with Gasteiger partial charge in [0.1, 0.15) is 5.75 Å². The molecule has 0 aliphatic heterocycles. The molecule has 0 aromatic heterocycles. The molecule has 0 aliphatic carbocycles. The van der Waals surface area contributed by atoms with Crippen LogP contribution in [-0.4, -0.2) is 44.1 Å². The number of alkyl halides is 1. The second-order valence-corrected chi connectivity index (χ2v) is 5.76. The molecule has 1 rings (SSSR count). The van der Waals surface area contributed by atoms with Gasteiger partial charge in [0.25, 0.3) is 0 Å². The Morgan fingerprint density at radius 1 is 1.09 bits per heavy atom. The number of ether oxygens (including phenoxy) is 1. The lowest BCUT2D eigenvalue weighted by Gasteiger charge is -2.19. The molecule has 1 amide bonds. The van der Waals surface area contributed by atoms with E-state index in [1.807, 2.05) is 37.2 Å². The number of carbonyl (C=O) groups is 1. The highest BCUT2D eigenvalue weighted by Crippen LogP contribution is 2.26. The Labute approximate surface area is 155 Å². The van der Waals surface area contributed by atoms with Crippen molar-refractivity contribution in [1.82, 2.24) is 4.90 Å². The van der Waals surface area contributed by atoms with Crippen molar-refractivity contribution in [2.24, 2.45) is 0 Å². The summed E-state index contributed by atoms with van der Waals surface area (Å²) in [6, 6.07) is 5.86. The molecule has 5 heteroatoms. The Hall–Kier alpha value is -0.980. The highest BCUT2D eigenvalue weighted by Gasteiger charge is 2.10. The van der Waals surface area contributed by atoms with Crippen LogP contribution in [0.3, 0.4) is 0 Å². The van der Waals surface area contributed by atoms with Gasteiger partial charge in [0.15, 0.2) is 0 Å². The fraction of sp³-hybridized carbons (Fsp3) is 0.611. The van der Waals surface area contributed by atoms with E-state index < -0.39 is 0 Å². The molecule has 0 unspecified atom stereocenters. The van der Waals surface area contributed by atoms with Crippen LogP contribution in [0.1, 0.15) is 38.2 Å². The SMILES string of the molecule is CCCCCCc1cc(OC(=O)N(C)C)ccc1N(C)C.CI. The summed E-state index contributed by atoms with van der Waals surface area (Å²) >= 11 is 2.15. The maximum Gasteiger partial charge on any atom is 0.414 e. The number of anilines is 1. The van der Waals surface area contributed by atoms with Crippen LogP contribution in [0.5, 0.6) is 5.75 Å². The molecule has 132 valence electrons. The van der Waals surface area contributed by atoms with Gasteiger partial charge in [-0.1, -0.05) is 48.8 Å². The third-order valence-corrected chi connectivity index (χ3v) is 3.40. The molecule has 1 aromatic carbocycles. The fourth-order valence-electron chi connectivity index (χ4n) is 2.20. The highest BCUT2D eigenvalue weighted by molar-refractivity contribution is 14.1. The summed E-state index contributed by atoms with van der Waals surface area (Å²) in [4.78, 5) is 17.1. The summed E-state index contributed by atoms with van der Waals surface area (Å²) in [5.41, 5.74) is 2.43. The molecule has 0 atom stereocenters. The molecule has 4 nitrogen and oxygen atoms in total. The Kier molecular flexibility index (Phi) is 11.9. The Bertz CT molecular complexity index is 462. The number of nitrogens with zero attached hydrogens (tertiary/aromatic N) is 2. The second kappa shape index (κ2) is 12.4. The fourth-order valence-corrected chi connectivity index (χ4v) is 2.20. The molecule has 23 heavy (non-hydrogen) atoms. The Morgan fingerprint density at radius 2 is 1.74 bits per heavy atom. The summed E-state index contributed by atoms with van der Waals surface area (Å²) in [5.74, 6) is 0.616. The monoisotopic (exact) mass is 434 g/mol. The molecule has 0 spiro atoms. The number of hydrogen-bond acceptors (Lipinski definition) is 3. The van der Waals surface area contributed by atoms with Crippen molar-refractivity contribution in [1.29, 1.82) is 0 Å². The standard InChI is InChI=1S/C17H28N2O2.CH3I/c1-6-7-8-9-10-14-13-15(21-17(20)19(4)5)11-12-16(14)18(2)3;1-2/h11-13H,6-10H2,1-5H3;1H3. The van der Waals surface area contributed by atoms with Gasteiger partial charge in [-0.25, -0.2) is 4.79 Å². The van der Waals surface area contributed by atoms with Gasteiger partial charge in [-0.15, -0.1) is 0 Å². The van der Waals surface area contributed by atoms with E-state index in [1.54, 1.807) is 14.1 Å². The largest absolute Gasteiger partial charge is 0.414 e. The van der Waals surface area contributed by atoms with Gasteiger partial charge in [0.2, 0.25) is 0 Å².